The second kappa shape index (κ2) is 9.08. The molecule has 1 aromatic heterocycles. The number of amides is 3. The van der Waals surface area contributed by atoms with Crippen molar-refractivity contribution in [3.8, 4) is 0 Å². The Morgan fingerprint density at radius 3 is 2.27 bits per heavy atom. The van der Waals surface area contributed by atoms with E-state index in [0.29, 0.717) is 28.2 Å². The highest BCUT2D eigenvalue weighted by Crippen LogP contribution is 2.32. The van der Waals surface area contributed by atoms with E-state index in [0.717, 1.165) is 11.1 Å². The summed E-state index contributed by atoms with van der Waals surface area (Å²) in [7, 11) is 0. The Kier molecular flexibility index (Phi) is 6.04. The highest BCUT2D eigenvalue weighted by Gasteiger charge is 2.39. The second-order valence-corrected chi connectivity index (χ2v) is 7.95. The van der Waals surface area contributed by atoms with Crippen molar-refractivity contribution >= 4 is 34.7 Å². The number of anilines is 2. The number of aromatic nitrogens is 1. The van der Waals surface area contributed by atoms with Crippen LogP contribution in [0.5, 0.6) is 0 Å². The third kappa shape index (κ3) is 4.67. The molecular weight excluding hydrogens is 416 g/mol. The number of imide groups is 1. The normalized spacial score (nSPS) is 13.5. The molecule has 0 radical (unpaired) electrons. The molecule has 3 aromatic rings. The van der Waals surface area contributed by atoms with Crippen LogP contribution in [0.4, 0.5) is 11.4 Å². The van der Waals surface area contributed by atoms with Gasteiger partial charge in [-0.3, -0.25) is 24.3 Å². The van der Waals surface area contributed by atoms with Crippen LogP contribution < -0.4 is 10.6 Å². The van der Waals surface area contributed by atoms with Crippen molar-refractivity contribution in [2.45, 2.75) is 27.3 Å². The molecule has 7 heteroatoms. The first-order chi connectivity index (χ1) is 15.8. The van der Waals surface area contributed by atoms with Gasteiger partial charge >= 0.3 is 0 Å². The van der Waals surface area contributed by atoms with E-state index >= 15 is 0 Å². The van der Waals surface area contributed by atoms with Gasteiger partial charge in [0.1, 0.15) is 5.70 Å². The van der Waals surface area contributed by atoms with Crippen molar-refractivity contribution in [3.63, 3.8) is 0 Å². The molecule has 2 aromatic carbocycles. The fraction of sp³-hybridized carbons (Fsp3) is 0.154. The van der Waals surface area contributed by atoms with Gasteiger partial charge in [0.15, 0.2) is 0 Å². The summed E-state index contributed by atoms with van der Waals surface area (Å²) in [5, 5.41) is 5.84. The predicted octanol–water partition coefficient (Wildman–Crippen LogP) is 4.05. The lowest BCUT2D eigenvalue weighted by molar-refractivity contribution is -0.137. The molecule has 0 bridgehead atoms. The summed E-state index contributed by atoms with van der Waals surface area (Å²) in [6.07, 6.45) is 1.63. The number of nitrogens with zero attached hydrogens (tertiary/aromatic N) is 2. The number of rotatable bonds is 6. The minimum atomic E-state index is -0.412. The van der Waals surface area contributed by atoms with Gasteiger partial charge in [-0.15, -0.1) is 0 Å². The lowest BCUT2D eigenvalue weighted by atomic mass is 9.99. The summed E-state index contributed by atoms with van der Waals surface area (Å²) < 4.78 is 0. The summed E-state index contributed by atoms with van der Waals surface area (Å²) >= 11 is 0. The third-order valence-corrected chi connectivity index (χ3v) is 5.48. The minimum absolute atomic E-state index is 0.0828. The third-order valence-electron chi connectivity index (χ3n) is 5.48. The maximum atomic E-state index is 13.4. The zero-order valence-corrected chi connectivity index (χ0v) is 18.7. The Hall–Kier alpha value is -4.26. The molecule has 0 saturated heterocycles. The maximum Gasteiger partial charge on any atom is 0.278 e. The summed E-state index contributed by atoms with van der Waals surface area (Å²) in [6, 6.07) is 18.1. The van der Waals surface area contributed by atoms with E-state index in [2.05, 4.69) is 15.6 Å². The first-order valence-electron chi connectivity index (χ1n) is 10.6. The first-order valence-corrected chi connectivity index (χ1v) is 10.6. The van der Waals surface area contributed by atoms with Gasteiger partial charge < -0.3 is 10.6 Å². The van der Waals surface area contributed by atoms with Crippen LogP contribution in [0.25, 0.3) is 5.57 Å². The molecule has 0 spiro atoms. The Morgan fingerprint density at radius 1 is 0.909 bits per heavy atom. The highest BCUT2D eigenvalue weighted by atomic mass is 16.2. The highest BCUT2D eigenvalue weighted by molar-refractivity contribution is 6.36. The maximum absolute atomic E-state index is 13.4. The van der Waals surface area contributed by atoms with Gasteiger partial charge in [-0.1, -0.05) is 24.3 Å². The Bertz CT molecular complexity index is 1260. The van der Waals surface area contributed by atoms with Gasteiger partial charge in [0.2, 0.25) is 5.91 Å². The summed E-state index contributed by atoms with van der Waals surface area (Å²) in [6.45, 7) is 5.49. The molecule has 0 unspecified atom stereocenters. The topological polar surface area (TPSA) is 91.4 Å². The standard InChI is InChI=1S/C26H24N4O3/c1-16-7-8-19(14-17(16)2)23-24(29-21-11-9-20(10-12-21)28-18(3)31)26(33)30(25(23)32)15-22-6-4-5-13-27-22/h4-14,29H,15H2,1-3H3,(H,28,31). The number of benzene rings is 2. The van der Waals surface area contributed by atoms with Crippen LogP contribution in [0, 0.1) is 13.8 Å². The molecule has 2 heterocycles. The van der Waals surface area contributed by atoms with Crippen LogP contribution in [0.3, 0.4) is 0 Å². The van der Waals surface area contributed by atoms with Crippen molar-refractivity contribution in [2.24, 2.45) is 0 Å². The van der Waals surface area contributed by atoms with Gasteiger partial charge in [0, 0.05) is 24.5 Å². The Morgan fingerprint density at radius 2 is 1.64 bits per heavy atom. The van der Waals surface area contributed by atoms with Crippen molar-refractivity contribution in [1.82, 2.24) is 9.88 Å². The van der Waals surface area contributed by atoms with Crippen LogP contribution in [0.2, 0.25) is 0 Å². The van der Waals surface area contributed by atoms with Crippen molar-refractivity contribution in [2.75, 3.05) is 10.6 Å². The molecule has 0 aliphatic carbocycles. The predicted molar refractivity (Wildman–Crippen MR) is 127 cm³/mol. The number of aryl methyl sites for hydroxylation is 2. The fourth-order valence-electron chi connectivity index (χ4n) is 3.64. The van der Waals surface area contributed by atoms with Crippen molar-refractivity contribution in [3.05, 3.63) is 94.9 Å². The van der Waals surface area contributed by atoms with Crippen LogP contribution >= 0.6 is 0 Å². The van der Waals surface area contributed by atoms with Crippen LogP contribution in [0.15, 0.2) is 72.6 Å². The lowest BCUT2D eigenvalue weighted by Gasteiger charge is -2.15. The van der Waals surface area contributed by atoms with Gasteiger partial charge in [-0.25, -0.2) is 0 Å². The molecular formula is C26H24N4O3. The van der Waals surface area contributed by atoms with Crippen LogP contribution in [-0.4, -0.2) is 27.6 Å². The average Bonchev–Trinajstić information content (AvgIpc) is 3.01. The number of pyridine rings is 1. The smallest absolute Gasteiger partial charge is 0.278 e. The minimum Gasteiger partial charge on any atom is -0.350 e. The van der Waals surface area contributed by atoms with E-state index in [1.54, 1.807) is 42.6 Å². The molecule has 33 heavy (non-hydrogen) atoms. The van der Waals surface area contributed by atoms with Gasteiger partial charge in [-0.05, 0) is 66.9 Å². The molecule has 7 nitrogen and oxygen atoms in total. The molecule has 2 N–H and O–H groups in total. The SMILES string of the molecule is CC(=O)Nc1ccc(NC2=C(c3ccc(C)c(C)c3)C(=O)N(Cc3ccccn3)C2=O)cc1. The monoisotopic (exact) mass is 440 g/mol. The van der Waals surface area contributed by atoms with Crippen LogP contribution in [0.1, 0.15) is 29.3 Å². The molecule has 0 fully saturated rings. The number of hydrogen-bond donors (Lipinski definition) is 2. The summed E-state index contributed by atoms with van der Waals surface area (Å²) in [5.41, 5.74) is 5.24. The summed E-state index contributed by atoms with van der Waals surface area (Å²) in [5.74, 6) is -0.951. The Balaban J connectivity index is 1.71. The summed E-state index contributed by atoms with van der Waals surface area (Å²) in [4.78, 5) is 43.5. The number of carbonyl (C=O) groups excluding carboxylic acids is 3. The molecule has 0 saturated carbocycles. The van der Waals surface area contributed by atoms with E-state index in [1.165, 1.54) is 11.8 Å². The molecule has 4 rings (SSSR count). The van der Waals surface area contributed by atoms with Gasteiger partial charge in [0.25, 0.3) is 11.8 Å². The van der Waals surface area contributed by atoms with Gasteiger partial charge in [-0.2, -0.15) is 0 Å². The van der Waals surface area contributed by atoms with E-state index in [1.807, 2.05) is 38.1 Å². The van der Waals surface area contributed by atoms with E-state index < -0.39 is 5.91 Å². The Labute approximate surface area is 192 Å². The van der Waals surface area contributed by atoms with Crippen molar-refractivity contribution < 1.29 is 14.4 Å². The zero-order chi connectivity index (χ0) is 23.5. The zero-order valence-electron chi connectivity index (χ0n) is 18.7. The molecule has 0 atom stereocenters. The van der Waals surface area contributed by atoms with E-state index in [4.69, 9.17) is 0 Å². The largest absolute Gasteiger partial charge is 0.350 e. The molecule has 3 amide bonds. The molecule has 166 valence electrons. The van der Waals surface area contributed by atoms with E-state index in [-0.39, 0.29) is 24.1 Å². The van der Waals surface area contributed by atoms with Crippen molar-refractivity contribution in [1.29, 1.82) is 0 Å². The van der Waals surface area contributed by atoms with Crippen LogP contribution in [-0.2, 0) is 20.9 Å². The number of carbonyl (C=O) groups is 3. The first kappa shape index (κ1) is 22.0. The lowest BCUT2D eigenvalue weighted by Crippen LogP contribution is -2.32. The quantitative estimate of drug-likeness (QED) is 0.565. The average molecular weight is 441 g/mol. The molecule has 1 aliphatic heterocycles. The number of hydrogen-bond acceptors (Lipinski definition) is 5. The fourth-order valence-corrected chi connectivity index (χ4v) is 3.64. The second-order valence-electron chi connectivity index (χ2n) is 7.95. The van der Waals surface area contributed by atoms with E-state index in [9.17, 15) is 14.4 Å². The molecule has 1 aliphatic rings. The number of nitrogens with one attached hydrogen (secondary N) is 2. The van der Waals surface area contributed by atoms with Gasteiger partial charge in [0.05, 0.1) is 17.8 Å².